The molecule has 0 aliphatic carbocycles. The summed E-state index contributed by atoms with van der Waals surface area (Å²) in [6, 6.07) is 7.87. The summed E-state index contributed by atoms with van der Waals surface area (Å²) >= 11 is 1.35. The van der Waals surface area contributed by atoms with E-state index in [1.807, 2.05) is 56.9 Å². The van der Waals surface area contributed by atoms with Crippen LogP contribution in [0.5, 0.6) is 5.75 Å². The standard InChI is InChI=1S/C20H30N6O2S/c1-5-12(3)22-16(27)11-29-20-23-19-17(13(4)24-25-19)18(21)26(20)14-7-9-15(10-8-14)28-6-2/h7-10,12-13,17,19,21,24-25H,5-6,11H2,1-4H3,(H,22,27). The van der Waals surface area contributed by atoms with Crippen LogP contribution in [0.15, 0.2) is 29.3 Å². The van der Waals surface area contributed by atoms with Crippen LogP contribution in [0.25, 0.3) is 0 Å². The van der Waals surface area contributed by atoms with Gasteiger partial charge in [-0.3, -0.25) is 20.5 Å². The summed E-state index contributed by atoms with van der Waals surface area (Å²) < 4.78 is 5.53. The minimum absolute atomic E-state index is 0.0294. The van der Waals surface area contributed by atoms with Gasteiger partial charge in [-0.25, -0.2) is 10.4 Å². The minimum Gasteiger partial charge on any atom is -0.494 e. The largest absolute Gasteiger partial charge is 0.494 e. The van der Waals surface area contributed by atoms with Crippen molar-refractivity contribution < 1.29 is 9.53 Å². The molecule has 1 aromatic rings. The normalized spacial score (nSPS) is 24.7. The number of hydrogen-bond acceptors (Lipinski definition) is 7. The Morgan fingerprint density at radius 3 is 2.72 bits per heavy atom. The molecule has 158 valence electrons. The molecule has 4 atom stereocenters. The van der Waals surface area contributed by atoms with Gasteiger partial charge in [-0.15, -0.1) is 0 Å². The average Bonchev–Trinajstić information content (AvgIpc) is 3.08. The van der Waals surface area contributed by atoms with Crippen molar-refractivity contribution in [1.29, 1.82) is 5.41 Å². The second kappa shape index (κ2) is 9.60. The molecule has 3 rings (SSSR count). The lowest BCUT2D eigenvalue weighted by atomic mass is 9.97. The lowest BCUT2D eigenvalue weighted by Crippen LogP contribution is -2.50. The molecule has 4 unspecified atom stereocenters. The fourth-order valence-electron chi connectivity index (χ4n) is 3.36. The Hall–Kier alpha value is -2.10. The molecule has 8 nitrogen and oxygen atoms in total. The number of ether oxygens (including phenoxy) is 1. The number of anilines is 1. The SMILES string of the molecule is CCOc1ccc(N2C(=N)C3C(C)NNC3N=C2SCC(=O)NC(C)CC)cc1. The van der Waals surface area contributed by atoms with Crippen molar-refractivity contribution in [3.05, 3.63) is 24.3 Å². The number of nitrogens with zero attached hydrogens (tertiary/aromatic N) is 2. The van der Waals surface area contributed by atoms with Crippen molar-refractivity contribution >= 4 is 34.4 Å². The van der Waals surface area contributed by atoms with Crippen LogP contribution < -0.4 is 25.8 Å². The minimum atomic E-state index is -0.212. The lowest BCUT2D eigenvalue weighted by Gasteiger charge is -2.36. The Morgan fingerprint density at radius 1 is 1.34 bits per heavy atom. The van der Waals surface area contributed by atoms with Crippen molar-refractivity contribution in [1.82, 2.24) is 16.2 Å². The maximum Gasteiger partial charge on any atom is 0.230 e. The van der Waals surface area contributed by atoms with E-state index in [0.29, 0.717) is 17.6 Å². The Bertz CT molecular complexity index is 769. The molecule has 1 aromatic carbocycles. The van der Waals surface area contributed by atoms with Crippen LogP contribution in [0.1, 0.15) is 34.1 Å². The molecule has 0 spiro atoms. The van der Waals surface area contributed by atoms with Crippen LogP contribution in [0.2, 0.25) is 0 Å². The second-order valence-electron chi connectivity index (χ2n) is 7.27. The Balaban J connectivity index is 1.82. The fraction of sp³-hybridized carbons (Fsp3) is 0.550. The molecule has 0 aromatic heterocycles. The zero-order chi connectivity index (χ0) is 21.0. The Morgan fingerprint density at radius 2 is 2.07 bits per heavy atom. The molecule has 0 radical (unpaired) electrons. The number of rotatable bonds is 7. The highest BCUT2D eigenvalue weighted by Gasteiger charge is 2.43. The monoisotopic (exact) mass is 418 g/mol. The Kier molecular flexibility index (Phi) is 7.15. The number of fused-ring (bicyclic) bond motifs is 1. The molecule has 0 saturated carbocycles. The summed E-state index contributed by atoms with van der Waals surface area (Å²) in [6.07, 6.45) is 0.675. The number of carbonyl (C=O) groups is 1. The van der Waals surface area contributed by atoms with E-state index < -0.39 is 0 Å². The second-order valence-corrected chi connectivity index (χ2v) is 8.22. The number of amidine groups is 2. The van der Waals surface area contributed by atoms with Gasteiger partial charge in [0.05, 0.1) is 18.3 Å². The fourth-order valence-corrected chi connectivity index (χ4v) is 4.22. The van der Waals surface area contributed by atoms with Crippen LogP contribution in [0.4, 0.5) is 5.69 Å². The molecule has 29 heavy (non-hydrogen) atoms. The number of amides is 1. The predicted molar refractivity (Wildman–Crippen MR) is 119 cm³/mol. The quantitative estimate of drug-likeness (QED) is 0.542. The van der Waals surface area contributed by atoms with Gasteiger partial charge in [0.25, 0.3) is 0 Å². The molecular formula is C20H30N6O2S. The van der Waals surface area contributed by atoms with Crippen molar-refractivity contribution in [2.24, 2.45) is 10.9 Å². The highest BCUT2D eigenvalue weighted by Crippen LogP contribution is 2.32. The van der Waals surface area contributed by atoms with Crippen LogP contribution in [0, 0.1) is 11.3 Å². The summed E-state index contributed by atoms with van der Waals surface area (Å²) in [6.45, 7) is 8.62. The smallest absolute Gasteiger partial charge is 0.230 e. The molecule has 9 heteroatoms. The molecule has 4 N–H and O–H groups in total. The third-order valence-electron chi connectivity index (χ3n) is 5.09. The van der Waals surface area contributed by atoms with E-state index in [1.54, 1.807) is 0 Å². The number of carbonyl (C=O) groups excluding carboxylic acids is 1. The third-order valence-corrected chi connectivity index (χ3v) is 6.05. The van der Waals surface area contributed by atoms with Crippen molar-refractivity contribution in [3.63, 3.8) is 0 Å². The molecule has 1 fully saturated rings. The maximum atomic E-state index is 12.3. The van der Waals surface area contributed by atoms with Crippen LogP contribution >= 0.6 is 11.8 Å². The molecule has 2 aliphatic rings. The van der Waals surface area contributed by atoms with E-state index >= 15 is 0 Å². The van der Waals surface area contributed by atoms with E-state index in [0.717, 1.165) is 17.9 Å². The number of hydrazine groups is 1. The van der Waals surface area contributed by atoms with Gasteiger partial charge in [-0.1, -0.05) is 18.7 Å². The zero-order valence-corrected chi connectivity index (χ0v) is 18.2. The van der Waals surface area contributed by atoms with Gasteiger partial charge in [-0.2, -0.15) is 0 Å². The summed E-state index contributed by atoms with van der Waals surface area (Å²) in [5, 5.41) is 12.5. The highest BCUT2D eigenvalue weighted by atomic mass is 32.2. The number of thioether (sulfide) groups is 1. The number of hydrogen-bond donors (Lipinski definition) is 4. The van der Waals surface area contributed by atoms with Gasteiger partial charge < -0.3 is 10.1 Å². The van der Waals surface area contributed by atoms with E-state index in [1.165, 1.54) is 11.8 Å². The van der Waals surface area contributed by atoms with E-state index in [-0.39, 0.29) is 35.8 Å². The molecule has 1 saturated heterocycles. The predicted octanol–water partition coefficient (Wildman–Crippen LogP) is 2.33. The van der Waals surface area contributed by atoms with E-state index in [2.05, 4.69) is 16.2 Å². The van der Waals surface area contributed by atoms with Crippen LogP contribution in [-0.2, 0) is 4.79 Å². The first kappa shape index (κ1) is 21.6. The number of aliphatic imine (C=N–C) groups is 1. The summed E-state index contributed by atoms with van der Waals surface area (Å²) in [5.74, 6) is 1.39. The van der Waals surface area contributed by atoms with Gasteiger partial charge in [0.2, 0.25) is 5.91 Å². The molecule has 2 heterocycles. The first-order valence-corrected chi connectivity index (χ1v) is 11.1. The molecule has 1 amide bonds. The van der Waals surface area contributed by atoms with Crippen molar-refractivity contribution in [2.45, 2.75) is 52.4 Å². The van der Waals surface area contributed by atoms with Gasteiger partial charge in [0.1, 0.15) is 17.8 Å². The molecule has 0 bridgehead atoms. The number of nitrogens with one attached hydrogen (secondary N) is 4. The van der Waals surface area contributed by atoms with Crippen molar-refractivity contribution in [2.75, 3.05) is 17.3 Å². The van der Waals surface area contributed by atoms with Gasteiger partial charge in [0.15, 0.2) is 5.17 Å². The van der Waals surface area contributed by atoms with Gasteiger partial charge in [0, 0.05) is 17.8 Å². The average molecular weight is 419 g/mol. The highest BCUT2D eigenvalue weighted by molar-refractivity contribution is 8.14. The van der Waals surface area contributed by atoms with Crippen LogP contribution in [0.3, 0.4) is 0 Å². The molecular weight excluding hydrogens is 388 g/mol. The van der Waals surface area contributed by atoms with E-state index in [4.69, 9.17) is 15.1 Å². The summed E-state index contributed by atoms with van der Waals surface area (Å²) in [4.78, 5) is 18.9. The molecule has 2 aliphatic heterocycles. The summed E-state index contributed by atoms with van der Waals surface area (Å²) in [5.41, 5.74) is 7.17. The maximum absolute atomic E-state index is 12.3. The Labute approximate surface area is 176 Å². The lowest BCUT2D eigenvalue weighted by molar-refractivity contribution is -0.119. The van der Waals surface area contributed by atoms with Gasteiger partial charge in [-0.05, 0) is 51.5 Å². The van der Waals surface area contributed by atoms with Gasteiger partial charge >= 0.3 is 0 Å². The topological polar surface area (TPSA) is 102 Å². The zero-order valence-electron chi connectivity index (χ0n) is 17.4. The van der Waals surface area contributed by atoms with E-state index in [9.17, 15) is 4.79 Å². The first-order valence-electron chi connectivity index (χ1n) is 10.1. The van der Waals surface area contributed by atoms with Crippen LogP contribution in [-0.4, -0.2) is 47.5 Å². The third kappa shape index (κ3) is 4.91. The van der Waals surface area contributed by atoms with Crippen molar-refractivity contribution in [3.8, 4) is 5.75 Å². The number of benzene rings is 1. The summed E-state index contributed by atoms with van der Waals surface area (Å²) in [7, 11) is 0. The first-order chi connectivity index (χ1) is 13.9.